The summed E-state index contributed by atoms with van der Waals surface area (Å²) in [6, 6.07) is 13.2. The van der Waals surface area contributed by atoms with E-state index < -0.39 is 18.0 Å². The average molecular weight is 544 g/mol. The number of Topliss-reactive ketones (excluding diaryl/α,β-unsaturated/α-hetero) is 2. The zero-order chi connectivity index (χ0) is 28.2. The molecule has 2 aliphatic heterocycles. The van der Waals surface area contributed by atoms with Gasteiger partial charge in [-0.3, -0.25) is 29.3 Å². The molecule has 1 atom stereocenters. The molecule has 0 aromatic heterocycles. The summed E-state index contributed by atoms with van der Waals surface area (Å²) in [6.45, 7) is 0.633. The summed E-state index contributed by atoms with van der Waals surface area (Å²) in [5.74, 6) is -1.71. The van der Waals surface area contributed by atoms with Crippen molar-refractivity contribution in [3.05, 3.63) is 77.0 Å². The van der Waals surface area contributed by atoms with Gasteiger partial charge in [0.05, 0.1) is 5.57 Å². The SMILES string of the molecule is O=C1CCC(N2Cc3c(NC(=O)NCCNC=C4C(=O)CC(c5ccccc5)CC4=O)cccc3C2=O)C(=O)N1. The van der Waals surface area contributed by atoms with Gasteiger partial charge in [-0.1, -0.05) is 36.4 Å². The number of ketones is 2. The Morgan fingerprint density at radius 2 is 1.70 bits per heavy atom. The number of piperidine rings is 1. The van der Waals surface area contributed by atoms with E-state index in [0.29, 0.717) is 16.8 Å². The van der Waals surface area contributed by atoms with Gasteiger partial charge in [0, 0.05) is 61.9 Å². The van der Waals surface area contributed by atoms with Crippen molar-refractivity contribution in [2.75, 3.05) is 18.4 Å². The molecule has 1 saturated heterocycles. The molecule has 1 unspecified atom stereocenters. The van der Waals surface area contributed by atoms with Crippen LogP contribution in [0.2, 0.25) is 0 Å². The third-order valence-electron chi connectivity index (χ3n) is 7.37. The van der Waals surface area contributed by atoms with Gasteiger partial charge in [-0.2, -0.15) is 0 Å². The van der Waals surface area contributed by atoms with Crippen LogP contribution in [-0.2, 0) is 25.7 Å². The first kappa shape index (κ1) is 26.8. The fourth-order valence-corrected chi connectivity index (χ4v) is 5.31. The van der Waals surface area contributed by atoms with Crippen LogP contribution in [-0.4, -0.2) is 59.4 Å². The number of carbonyl (C=O) groups is 6. The number of nitrogens with zero attached hydrogens (tertiary/aromatic N) is 1. The highest BCUT2D eigenvalue weighted by atomic mass is 16.2. The van der Waals surface area contributed by atoms with Gasteiger partial charge in [-0.15, -0.1) is 0 Å². The van der Waals surface area contributed by atoms with E-state index in [1.807, 2.05) is 30.3 Å². The van der Waals surface area contributed by atoms with Gasteiger partial charge in [0.1, 0.15) is 6.04 Å². The molecule has 0 spiro atoms. The predicted molar refractivity (Wildman–Crippen MR) is 144 cm³/mol. The van der Waals surface area contributed by atoms with Gasteiger partial charge in [-0.25, -0.2) is 4.79 Å². The van der Waals surface area contributed by atoms with Crippen molar-refractivity contribution < 1.29 is 28.8 Å². The molecule has 11 nitrogen and oxygen atoms in total. The first-order valence-corrected chi connectivity index (χ1v) is 13.2. The molecule has 1 aliphatic carbocycles. The zero-order valence-corrected chi connectivity index (χ0v) is 21.7. The minimum Gasteiger partial charge on any atom is -0.388 e. The van der Waals surface area contributed by atoms with Crippen molar-refractivity contribution in [3.8, 4) is 0 Å². The van der Waals surface area contributed by atoms with Crippen LogP contribution in [0.3, 0.4) is 0 Å². The van der Waals surface area contributed by atoms with Crippen molar-refractivity contribution in [2.24, 2.45) is 0 Å². The Hall–Kier alpha value is -4.80. The maximum absolute atomic E-state index is 12.9. The van der Waals surface area contributed by atoms with Crippen molar-refractivity contribution in [1.82, 2.24) is 20.9 Å². The van der Waals surface area contributed by atoms with Crippen molar-refractivity contribution in [3.63, 3.8) is 0 Å². The van der Waals surface area contributed by atoms with Crippen LogP contribution in [0.25, 0.3) is 0 Å². The van der Waals surface area contributed by atoms with E-state index in [1.54, 1.807) is 18.2 Å². The Kier molecular flexibility index (Phi) is 7.72. The standard InChI is InChI=1S/C29H29N5O6/c35-24-13-18(17-5-2-1-3-6-17)14-25(36)20(24)15-30-11-12-31-29(40)32-22-8-4-7-19-21(22)16-34(28(19)39)23-9-10-26(37)33-27(23)38/h1-8,15,18,23,30H,9-14,16H2,(H2,31,32,40)(H,33,37,38). The topological polar surface area (TPSA) is 154 Å². The lowest BCUT2D eigenvalue weighted by Crippen LogP contribution is -2.52. The highest BCUT2D eigenvalue weighted by Gasteiger charge is 2.40. The number of hydrogen-bond acceptors (Lipinski definition) is 7. The third kappa shape index (κ3) is 5.63. The number of anilines is 1. The van der Waals surface area contributed by atoms with E-state index >= 15 is 0 Å². The first-order valence-electron chi connectivity index (χ1n) is 13.2. The van der Waals surface area contributed by atoms with Gasteiger partial charge in [0.25, 0.3) is 5.91 Å². The largest absolute Gasteiger partial charge is 0.388 e. The molecular formula is C29H29N5O6. The molecule has 40 heavy (non-hydrogen) atoms. The molecular weight excluding hydrogens is 514 g/mol. The Morgan fingerprint density at radius 3 is 2.42 bits per heavy atom. The summed E-state index contributed by atoms with van der Waals surface area (Å²) < 4.78 is 0. The Balaban J connectivity index is 1.11. The lowest BCUT2D eigenvalue weighted by Gasteiger charge is -2.29. The van der Waals surface area contributed by atoms with Crippen molar-refractivity contribution in [2.45, 2.75) is 44.2 Å². The number of amides is 5. The van der Waals surface area contributed by atoms with Crippen molar-refractivity contribution >= 4 is 41.0 Å². The van der Waals surface area contributed by atoms with Crippen LogP contribution in [0.4, 0.5) is 10.5 Å². The smallest absolute Gasteiger partial charge is 0.319 e. The molecule has 2 heterocycles. The number of imide groups is 1. The molecule has 2 aromatic rings. The maximum atomic E-state index is 12.9. The molecule has 4 N–H and O–H groups in total. The van der Waals surface area contributed by atoms with E-state index in [0.717, 1.165) is 5.56 Å². The van der Waals surface area contributed by atoms with E-state index in [2.05, 4.69) is 21.3 Å². The molecule has 206 valence electrons. The van der Waals surface area contributed by atoms with Gasteiger partial charge in [-0.05, 0) is 30.0 Å². The van der Waals surface area contributed by atoms with Gasteiger partial charge < -0.3 is 20.9 Å². The molecule has 5 amide bonds. The minimum atomic E-state index is -0.744. The second kappa shape index (κ2) is 11.5. The van der Waals surface area contributed by atoms with Crippen LogP contribution in [0.15, 0.2) is 60.3 Å². The Bertz CT molecular complexity index is 1400. The Morgan fingerprint density at radius 1 is 0.950 bits per heavy atom. The quantitative estimate of drug-likeness (QED) is 0.180. The van der Waals surface area contributed by atoms with Gasteiger partial charge >= 0.3 is 6.03 Å². The molecule has 3 aliphatic rings. The van der Waals surface area contributed by atoms with Crippen LogP contribution in [0, 0.1) is 0 Å². The fourth-order valence-electron chi connectivity index (χ4n) is 5.31. The van der Waals surface area contributed by atoms with Crippen LogP contribution >= 0.6 is 0 Å². The van der Waals surface area contributed by atoms with Crippen molar-refractivity contribution in [1.29, 1.82) is 0 Å². The number of rotatable bonds is 7. The molecule has 1 saturated carbocycles. The molecule has 0 radical (unpaired) electrons. The number of nitrogens with one attached hydrogen (secondary N) is 4. The zero-order valence-electron chi connectivity index (χ0n) is 21.7. The number of benzene rings is 2. The number of urea groups is 1. The summed E-state index contributed by atoms with van der Waals surface area (Å²) in [5.41, 5.74) is 2.55. The highest BCUT2D eigenvalue weighted by Crippen LogP contribution is 2.33. The predicted octanol–water partition coefficient (Wildman–Crippen LogP) is 1.76. The second-order valence-electron chi connectivity index (χ2n) is 9.99. The number of hydrogen-bond donors (Lipinski definition) is 4. The van der Waals surface area contributed by atoms with Crippen LogP contribution in [0.5, 0.6) is 0 Å². The summed E-state index contributed by atoms with van der Waals surface area (Å²) in [6.07, 6.45) is 2.38. The monoisotopic (exact) mass is 543 g/mol. The third-order valence-corrected chi connectivity index (χ3v) is 7.37. The minimum absolute atomic E-state index is 0.116. The molecule has 11 heteroatoms. The van der Waals surface area contributed by atoms with E-state index in [1.165, 1.54) is 11.1 Å². The first-order chi connectivity index (χ1) is 19.3. The summed E-state index contributed by atoms with van der Waals surface area (Å²) in [4.78, 5) is 75.8. The van der Waals surface area contributed by atoms with Gasteiger partial charge in [0.2, 0.25) is 11.8 Å². The molecule has 2 fully saturated rings. The van der Waals surface area contributed by atoms with E-state index in [4.69, 9.17) is 0 Å². The second-order valence-corrected chi connectivity index (χ2v) is 9.99. The van der Waals surface area contributed by atoms with E-state index in [-0.39, 0.29) is 80.2 Å². The molecule has 2 aromatic carbocycles. The fraction of sp³-hybridized carbons (Fsp3) is 0.310. The Labute approximate surface area is 230 Å². The summed E-state index contributed by atoms with van der Waals surface area (Å²) >= 11 is 0. The lowest BCUT2D eigenvalue weighted by molar-refractivity contribution is -0.137. The maximum Gasteiger partial charge on any atom is 0.319 e. The molecule has 5 rings (SSSR count). The number of allylic oxidation sites excluding steroid dienone is 1. The summed E-state index contributed by atoms with van der Waals surface area (Å²) in [5, 5.41) is 10.6. The van der Waals surface area contributed by atoms with Crippen LogP contribution < -0.4 is 21.3 Å². The lowest BCUT2D eigenvalue weighted by atomic mass is 9.80. The average Bonchev–Trinajstić information content (AvgIpc) is 3.27. The highest BCUT2D eigenvalue weighted by molar-refractivity contribution is 6.22. The van der Waals surface area contributed by atoms with E-state index in [9.17, 15) is 28.8 Å². The number of carbonyl (C=O) groups excluding carboxylic acids is 6. The normalized spacial score (nSPS) is 20.6. The van der Waals surface area contributed by atoms with Crippen LogP contribution in [0.1, 0.15) is 53.1 Å². The molecule has 0 bridgehead atoms. The van der Waals surface area contributed by atoms with Gasteiger partial charge in [0.15, 0.2) is 11.6 Å². The number of fused-ring (bicyclic) bond motifs is 1. The summed E-state index contributed by atoms with van der Waals surface area (Å²) in [7, 11) is 0.